The molecule has 11 aromatic rings. The fourth-order valence-corrected chi connectivity index (χ4v) is 8.82. The normalized spacial score (nSPS) is 11.3. The summed E-state index contributed by atoms with van der Waals surface area (Å²) in [5, 5.41) is 2.46. The molecule has 2 heterocycles. The van der Waals surface area contributed by atoms with Gasteiger partial charge in [0.05, 0.1) is 16.7 Å². The topological polar surface area (TPSA) is 43.6 Å². The van der Waals surface area contributed by atoms with E-state index >= 15 is 0 Å². The molecule has 11 rings (SSSR count). The van der Waals surface area contributed by atoms with Gasteiger partial charge in [-0.15, -0.1) is 0 Å². The van der Waals surface area contributed by atoms with Crippen molar-refractivity contribution < 1.29 is 0 Å². The van der Waals surface area contributed by atoms with E-state index in [0.29, 0.717) is 17.5 Å². The lowest BCUT2D eigenvalue weighted by Gasteiger charge is -2.21. The van der Waals surface area contributed by atoms with Crippen molar-refractivity contribution in [3.8, 4) is 84.4 Å². The number of aromatic nitrogens is 4. The fraction of sp³-hybridized carbons (Fsp3) is 0.0339. The van der Waals surface area contributed by atoms with E-state index in [9.17, 15) is 0 Å². The summed E-state index contributed by atoms with van der Waals surface area (Å²) in [6, 6.07) is 77.7. The van der Waals surface area contributed by atoms with Crippen molar-refractivity contribution in [3.05, 3.63) is 230 Å². The Kier molecular flexibility index (Phi) is 9.59. The minimum atomic E-state index is 0.604. The van der Waals surface area contributed by atoms with Crippen LogP contribution in [0, 0.1) is 13.8 Å². The van der Waals surface area contributed by atoms with E-state index in [1.54, 1.807) is 0 Å². The predicted octanol–water partition coefficient (Wildman–Crippen LogP) is 15.3. The van der Waals surface area contributed by atoms with Crippen LogP contribution in [0.15, 0.2) is 218 Å². The number of benzene rings is 9. The Morgan fingerprint density at radius 2 is 0.603 bits per heavy atom. The van der Waals surface area contributed by atoms with E-state index in [4.69, 9.17) is 15.0 Å². The van der Waals surface area contributed by atoms with Crippen LogP contribution in [0.25, 0.3) is 106 Å². The maximum Gasteiger partial charge on any atom is 0.164 e. The van der Waals surface area contributed by atoms with Crippen LogP contribution in [-0.2, 0) is 0 Å². The zero-order valence-electron chi connectivity index (χ0n) is 35.1. The minimum Gasteiger partial charge on any atom is -0.308 e. The van der Waals surface area contributed by atoms with Crippen molar-refractivity contribution in [2.24, 2.45) is 0 Å². The first-order valence-corrected chi connectivity index (χ1v) is 21.4. The summed E-state index contributed by atoms with van der Waals surface area (Å²) in [5.74, 6) is 1.85. The van der Waals surface area contributed by atoms with Crippen molar-refractivity contribution in [1.82, 2.24) is 19.5 Å². The lowest BCUT2D eigenvalue weighted by molar-refractivity contribution is 1.07. The third kappa shape index (κ3) is 7.18. The van der Waals surface area contributed by atoms with E-state index in [1.165, 1.54) is 33.0 Å². The van der Waals surface area contributed by atoms with Crippen LogP contribution in [0.2, 0.25) is 0 Å². The number of aryl methyl sites for hydroxylation is 2. The van der Waals surface area contributed by atoms with Gasteiger partial charge in [-0.3, -0.25) is 0 Å². The van der Waals surface area contributed by atoms with Crippen molar-refractivity contribution in [1.29, 1.82) is 0 Å². The molecule has 0 saturated heterocycles. The first-order valence-electron chi connectivity index (χ1n) is 21.4. The fourth-order valence-electron chi connectivity index (χ4n) is 8.82. The van der Waals surface area contributed by atoms with Crippen LogP contribution in [0.4, 0.5) is 0 Å². The van der Waals surface area contributed by atoms with Crippen LogP contribution >= 0.6 is 0 Å². The molecule has 0 unspecified atom stereocenters. The molecule has 0 radical (unpaired) electrons. The first-order chi connectivity index (χ1) is 31.0. The molecule has 0 aliphatic heterocycles. The molecule has 0 spiro atoms. The zero-order valence-corrected chi connectivity index (χ0v) is 35.1. The van der Waals surface area contributed by atoms with Gasteiger partial charge in [-0.25, -0.2) is 15.0 Å². The van der Waals surface area contributed by atoms with Gasteiger partial charge in [0.15, 0.2) is 17.5 Å². The van der Waals surface area contributed by atoms with Crippen LogP contribution in [0.3, 0.4) is 0 Å². The summed E-state index contributed by atoms with van der Waals surface area (Å²) in [6.45, 7) is 4.35. The van der Waals surface area contributed by atoms with Crippen LogP contribution < -0.4 is 0 Å². The molecule has 9 aromatic carbocycles. The van der Waals surface area contributed by atoms with Gasteiger partial charge in [0.2, 0.25) is 0 Å². The average Bonchev–Trinajstić information content (AvgIpc) is 3.66. The molecule has 2 aromatic heterocycles. The lowest BCUT2D eigenvalue weighted by Crippen LogP contribution is -2.04. The summed E-state index contributed by atoms with van der Waals surface area (Å²) >= 11 is 0. The van der Waals surface area contributed by atoms with Crippen molar-refractivity contribution in [2.45, 2.75) is 13.8 Å². The molecule has 298 valence electrons. The highest BCUT2D eigenvalue weighted by Gasteiger charge is 2.23. The second-order valence-corrected chi connectivity index (χ2v) is 16.2. The second-order valence-electron chi connectivity index (χ2n) is 16.2. The van der Waals surface area contributed by atoms with Gasteiger partial charge in [-0.2, -0.15) is 0 Å². The maximum absolute atomic E-state index is 5.26. The molecule has 0 fully saturated rings. The number of hydrogen-bond donors (Lipinski definition) is 0. The van der Waals surface area contributed by atoms with Crippen molar-refractivity contribution in [3.63, 3.8) is 0 Å². The van der Waals surface area contributed by atoms with Gasteiger partial charge >= 0.3 is 0 Å². The van der Waals surface area contributed by atoms with Crippen molar-refractivity contribution >= 4 is 21.8 Å². The molecule has 0 aliphatic rings. The molecule has 4 heteroatoms. The van der Waals surface area contributed by atoms with Gasteiger partial charge in [-0.1, -0.05) is 193 Å². The van der Waals surface area contributed by atoms with E-state index in [0.717, 1.165) is 66.8 Å². The quantitative estimate of drug-likeness (QED) is 0.154. The average molecular weight is 807 g/mol. The molecular weight excluding hydrogens is 765 g/mol. The Morgan fingerprint density at radius 1 is 0.286 bits per heavy atom. The number of rotatable bonds is 8. The van der Waals surface area contributed by atoms with E-state index < -0.39 is 0 Å². The molecule has 0 bridgehead atoms. The van der Waals surface area contributed by atoms with Crippen LogP contribution in [0.1, 0.15) is 11.1 Å². The predicted molar refractivity (Wildman–Crippen MR) is 262 cm³/mol. The summed E-state index contributed by atoms with van der Waals surface area (Å²) < 4.78 is 2.48. The third-order valence-electron chi connectivity index (χ3n) is 12.0. The highest BCUT2D eigenvalue weighted by atomic mass is 15.0. The molecule has 0 atom stereocenters. The maximum atomic E-state index is 5.26. The van der Waals surface area contributed by atoms with Gasteiger partial charge in [0.1, 0.15) is 0 Å². The first kappa shape index (κ1) is 37.8. The Labute approximate surface area is 367 Å². The molecular formula is C59H42N4. The number of nitrogens with zero attached hydrogens (tertiary/aromatic N) is 4. The Balaban J connectivity index is 1.24. The van der Waals surface area contributed by atoms with Gasteiger partial charge in [-0.05, 0) is 83.6 Å². The summed E-state index contributed by atoms with van der Waals surface area (Å²) in [7, 11) is 0. The standard InChI is InChI=1S/C59H42N4/c1-39-23-33-54-52(35-39)53-36-40(2)24-34-55(53)63(54)56-50(45-29-25-43(26-30-45)41-15-7-3-8-16-41)37-49(38-51(56)46-31-27-44(28-32-46)42-17-9-4-10-18-42)59-61-57(47-19-11-5-12-20-47)60-58(62-59)48-21-13-6-14-22-48/h3-38H,1-2H3. The summed E-state index contributed by atoms with van der Waals surface area (Å²) in [4.78, 5) is 15.6. The van der Waals surface area contributed by atoms with Crippen molar-refractivity contribution in [2.75, 3.05) is 0 Å². The Bertz CT molecular complexity index is 3190. The van der Waals surface area contributed by atoms with Crippen LogP contribution in [0.5, 0.6) is 0 Å². The molecule has 0 saturated carbocycles. The van der Waals surface area contributed by atoms with E-state index in [2.05, 4.69) is 200 Å². The Morgan fingerprint density at radius 3 is 0.984 bits per heavy atom. The van der Waals surface area contributed by atoms with E-state index in [1.807, 2.05) is 36.4 Å². The van der Waals surface area contributed by atoms with E-state index in [-0.39, 0.29) is 0 Å². The van der Waals surface area contributed by atoms with Gasteiger partial charge in [0, 0.05) is 38.6 Å². The third-order valence-corrected chi connectivity index (χ3v) is 12.0. The zero-order chi connectivity index (χ0) is 42.3. The SMILES string of the molecule is Cc1ccc2c(c1)c1cc(C)ccc1n2-c1c(-c2ccc(-c3ccccc3)cc2)cc(-c2nc(-c3ccccc3)nc(-c3ccccc3)n2)cc1-c1ccc(-c2ccccc2)cc1. The highest BCUT2D eigenvalue weighted by molar-refractivity contribution is 6.11. The van der Waals surface area contributed by atoms with Gasteiger partial charge < -0.3 is 4.57 Å². The highest BCUT2D eigenvalue weighted by Crippen LogP contribution is 2.45. The number of fused-ring (bicyclic) bond motifs is 3. The molecule has 0 N–H and O–H groups in total. The lowest BCUT2D eigenvalue weighted by atomic mass is 9.91. The summed E-state index contributed by atoms with van der Waals surface area (Å²) in [6.07, 6.45) is 0. The molecule has 63 heavy (non-hydrogen) atoms. The number of hydrogen-bond acceptors (Lipinski definition) is 3. The molecule has 4 nitrogen and oxygen atoms in total. The van der Waals surface area contributed by atoms with Gasteiger partial charge in [0.25, 0.3) is 0 Å². The van der Waals surface area contributed by atoms with Crippen LogP contribution in [-0.4, -0.2) is 19.5 Å². The molecule has 0 aliphatic carbocycles. The summed E-state index contributed by atoms with van der Waals surface area (Å²) in [5.41, 5.74) is 17.6. The monoisotopic (exact) mass is 806 g/mol. The smallest absolute Gasteiger partial charge is 0.164 e. The minimum absolute atomic E-state index is 0.604. The Hall–Kier alpha value is -8.21. The molecule has 0 amide bonds. The second kappa shape index (κ2) is 16.0. The largest absolute Gasteiger partial charge is 0.308 e.